The zero-order valence-corrected chi connectivity index (χ0v) is 11.8. The highest BCUT2D eigenvalue weighted by Gasteiger charge is 2.30. The second-order valence-corrected chi connectivity index (χ2v) is 5.72. The van der Waals surface area contributed by atoms with Crippen LogP contribution in [0.1, 0.15) is 33.6 Å². The third kappa shape index (κ3) is 5.17. The minimum atomic E-state index is -0.441. The molecule has 0 saturated carbocycles. The van der Waals surface area contributed by atoms with Gasteiger partial charge in [0.1, 0.15) is 5.60 Å². The SMILES string of the molecule is CC(C)(C)OC(=O)N1CCOCC1CCCS. The van der Waals surface area contributed by atoms with Crippen LogP contribution in [0.15, 0.2) is 0 Å². The fourth-order valence-electron chi connectivity index (χ4n) is 1.78. The van der Waals surface area contributed by atoms with Gasteiger partial charge < -0.3 is 14.4 Å². The van der Waals surface area contributed by atoms with E-state index in [4.69, 9.17) is 9.47 Å². The van der Waals surface area contributed by atoms with E-state index in [1.165, 1.54) is 0 Å². The summed E-state index contributed by atoms with van der Waals surface area (Å²) < 4.78 is 10.8. The van der Waals surface area contributed by atoms with E-state index >= 15 is 0 Å². The van der Waals surface area contributed by atoms with Gasteiger partial charge in [0.2, 0.25) is 0 Å². The molecule has 1 aliphatic rings. The smallest absolute Gasteiger partial charge is 0.410 e. The lowest BCUT2D eigenvalue weighted by atomic mass is 10.1. The van der Waals surface area contributed by atoms with Crippen molar-refractivity contribution in [3.63, 3.8) is 0 Å². The molecule has 1 saturated heterocycles. The number of carbonyl (C=O) groups is 1. The number of morpholine rings is 1. The Balaban J connectivity index is 2.54. The van der Waals surface area contributed by atoms with Crippen LogP contribution in [0, 0.1) is 0 Å². The second-order valence-electron chi connectivity index (χ2n) is 5.27. The number of rotatable bonds is 3. The molecule has 1 fully saturated rings. The van der Waals surface area contributed by atoms with Gasteiger partial charge in [0.15, 0.2) is 0 Å². The van der Waals surface area contributed by atoms with Crippen LogP contribution in [0.4, 0.5) is 4.79 Å². The summed E-state index contributed by atoms with van der Waals surface area (Å²) in [5.74, 6) is 0.832. The molecule has 1 unspecified atom stereocenters. The molecule has 100 valence electrons. The first-order valence-electron chi connectivity index (χ1n) is 6.12. The maximum absolute atomic E-state index is 12.0. The monoisotopic (exact) mass is 261 g/mol. The highest BCUT2D eigenvalue weighted by molar-refractivity contribution is 7.80. The molecule has 0 bridgehead atoms. The van der Waals surface area contributed by atoms with Crippen molar-refractivity contribution >= 4 is 18.7 Å². The second kappa shape index (κ2) is 6.50. The Morgan fingerprint density at radius 2 is 2.24 bits per heavy atom. The van der Waals surface area contributed by atoms with Crippen LogP contribution >= 0.6 is 12.6 Å². The average Bonchev–Trinajstić information content (AvgIpc) is 2.24. The summed E-state index contributed by atoms with van der Waals surface area (Å²) in [5.41, 5.74) is -0.441. The van der Waals surface area contributed by atoms with Gasteiger partial charge in [0, 0.05) is 6.54 Å². The summed E-state index contributed by atoms with van der Waals surface area (Å²) in [6.07, 6.45) is 1.67. The highest BCUT2D eigenvalue weighted by atomic mass is 32.1. The first-order chi connectivity index (χ1) is 7.94. The van der Waals surface area contributed by atoms with E-state index in [0.29, 0.717) is 19.8 Å². The molecular formula is C12H23NO3S. The van der Waals surface area contributed by atoms with Crippen molar-refractivity contribution in [2.24, 2.45) is 0 Å². The molecule has 1 heterocycles. The van der Waals surface area contributed by atoms with Crippen LogP contribution in [0.5, 0.6) is 0 Å². The number of carbonyl (C=O) groups excluding carboxylic acids is 1. The van der Waals surface area contributed by atoms with E-state index in [1.54, 1.807) is 4.90 Å². The summed E-state index contributed by atoms with van der Waals surface area (Å²) >= 11 is 4.19. The molecule has 4 nitrogen and oxygen atoms in total. The lowest BCUT2D eigenvalue weighted by Crippen LogP contribution is -2.50. The van der Waals surface area contributed by atoms with E-state index in [-0.39, 0.29) is 12.1 Å². The Bertz CT molecular complexity index is 253. The third-order valence-electron chi connectivity index (χ3n) is 2.55. The molecule has 5 heteroatoms. The van der Waals surface area contributed by atoms with Gasteiger partial charge in [-0.3, -0.25) is 0 Å². The maximum Gasteiger partial charge on any atom is 0.410 e. The Morgan fingerprint density at radius 1 is 1.53 bits per heavy atom. The van der Waals surface area contributed by atoms with Gasteiger partial charge >= 0.3 is 6.09 Å². The molecule has 0 aromatic carbocycles. The molecule has 0 radical (unpaired) electrons. The van der Waals surface area contributed by atoms with Crippen LogP contribution in [0.2, 0.25) is 0 Å². The standard InChI is InChI=1S/C12H23NO3S/c1-12(2,3)16-11(14)13-6-7-15-9-10(13)5-4-8-17/h10,17H,4-9H2,1-3H3. The van der Waals surface area contributed by atoms with Crippen molar-refractivity contribution in [2.75, 3.05) is 25.5 Å². The van der Waals surface area contributed by atoms with Gasteiger partial charge in [-0.05, 0) is 39.4 Å². The fraction of sp³-hybridized carbons (Fsp3) is 0.917. The Labute approximate surface area is 109 Å². The van der Waals surface area contributed by atoms with Gasteiger partial charge in [-0.25, -0.2) is 4.79 Å². The van der Waals surface area contributed by atoms with Gasteiger partial charge in [-0.15, -0.1) is 0 Å². The first kappa shape index (κ1) is 14.6. The molecule has 0 spiro atoms. The fourth-order valence-corrected chi connectivity index (χ4v) is 1.96. The molecule has 1 atom stereocenters. The third-order valence-corrected chi connectivity index (χ3v) is 2.87. The number of ether oxygens (including phenoxy) is 2. The molecule has 17 heavy (non-hydrogen) atoms. The van der Waals surface area contributed by atoms with E-state index in [2.05, 4.69) is 12.6 Å². The molecule has 1 aliphatic heterocycles. The molecule has 0 aliphatic carbocycles. The normalized spacial score (nSPS) is 21.4. The summed E-state index contributed by atoms with van der Waals surface area (Å²) in [7, 11) is 0. The number of hydrogen-bond acceptors (Lipinski definition) is 4. The highest BCUT2D eigenvalue weighted by Crippen LogP contribution is 2.17. The van der Waals surface area contributed by atoms with Gasteiger partial charge in [-0.1, -0.05) is 0 Å². The zero-order valence-electron chi connectivity index (χ0n) is 10.9. The predicted octanol–water partition coefficient (Wildman–Crippen LogP) is 2.33. The summed E-state index contributed by atoms with van der Waals surface area (Å²) in [6, 6.07) is 0.130. The van der Waals surface area contributed by atoms with Crippen molar-refractivity contribution in [1.29, 1.82) is 0 Å². The van der Waals surface area contributed by atoms with Crippen LogP contribution in [0.25, 0.3) is 0 Å². The molecular weight excluding hydrogens is 238 g/mol. The lowest BCUT2D eigenvalue weighted by Gasteiger charge is -2.36. The molecule has 0 aromatic heterocycles. The minimum Gasteiger partial charge on any atom is -0.444 e. The number of thiol groups is 1. The van der Waals surface area contributed by atoms with Gasteiger partial charge in [0.25, 0.3) is 0 Å². The minimum absolute atomic E-state index is 0.130. The molecule has 0 N–H and O–H groups in total. The van der Waals surface area contributed by atoms with Crippen molar-refractivity contribution in [3.8, 4) is 0 Å². The number of hydrogen-bond donors (Lipinski definition) is 1. The predicted molar refractivity (Wildman–Crippen MR) is 70.6 cm³/mol. The van der Waals surface area contributed by atoms with Crippen LogP contribution in [-0.4, -0.2) is 48.1 Å². The summed E-state index contributed by atoms with van der Waals surface area (Å²) in [5, 5.41) is 0. The van der Waals surface area contributed by atoms with Crippen molar-refractivity contribution in [1.82, 2.24) is 4.90 Å². The molecule has 1 amide bonds. The number of amides is 1. The van der Waals surface area contributed by atoms with Gasteiger partial charge in [-0.2, -0.15) is 12.6 Å². The Hall–Kier alpha value is -0.420. The first-order valence-corrected chi connectivity index (χ1v) is 6.75. The average molecular weight is 261 g/mol. The van der Waals surface area contributed by atoms with E-state index in [1.807, 2.05) is 20.8 Å². The van der Waals surface area contributed by atoms with E-state index in [0.717, 1.165) is 18.6 Å². The topological polar surface area (TPSA) is 38.8 Å². The van der Waals surface area contributed by atoms with Crippen LogP contribution < -0.4 is 0 Å². The molecule has 0 aromatic rings. The zero-order chi connectivity index (χ0) is 12.9. The number of nitrogens with zero attached hydrogens (tertiary/aromatic N) is 1. The van der Waals surface area contributed by atoms with Crippen LogP contribution in [-0.2, 0) is 9.47 Å². The van der Waals surface area contributed by atoms with Gasteiger partial charge in [0.05, 0.1) is 19.3 Å². The van der Waals surface area contributed by atoms with Crippen molar-refractivity contribution in [2.45, 2.75) is 45.3 Å². The van der Waals surface area contributed by atoms with Crippen molar-refractivity contribution in [3.05, 3.63) is 0 Å². The van der Waals surface area contributed by atoms with E-state index in [9.17, 15) is 4.79 Å². The molecule has 1 rings (SSSR count). The Morgan fingerprint density at radius 3 is 2.82 bits per heavy atom. The summed E-state index contributed by atoms with van der Waals surface area (Å²) in [4.78, 5) is 13.8. The lowest BCUT2D eigenvalue weighted by molar-refractivity contribution is -0.0339. The summed E-state index contributed by atoms with van der Waals surface area (Å²) in [6.45, 7) is 7.46. The Kier molecular flexibility index (Phi) is 5.59. The van der Waals surface area contributed by atoms with Crippen molar-refractivity contribution < 1.29 is 14.3 Å². The maximum atomic E-state index is 12.0. The quantitative estimate of drug-likeness (QED) is 0.793. The van der Waals surface area contributed by atoms with Crippen LogP contribution in [0.3, 0.4) is 0 Å². The van der Waals surface area contributed by atoms with E-state index < -0.39 is 5.60 Å². The largest absolute Gasteiger partial charge is 0.444 e.